The second-order valence-electron chi connectivity index (χ2n) is 5.67. The number of piperidine rings is 1. The number of nitrogens with zero attached hydrogens (tertiary/aromatic N) is 1. The number of amides is 1. The van der Waals surface area contributed by atoms with Crippen LogP contribution in [0.3, 0.4) is 0 Å². The average Bonchev–Trinajstić information content (AvgIpc) is 2.70. The van der Waals surface area contributed by atoms with Crippen molar-refractivity contribution >= 4 is 5.91 Å². The Morgan fingerprint density at radius 1 is 1.31 bits per heavy atom. The first kappa shape index (κ1) is 11.9. The maximum absolute atomic E-state index is 12.3. The second kappa shape index (κ2) is 4.74. The largest absolute Gasteiger partial charge is 0.338 e. The molecule has 16 heavy (non-hydrogen) atoms. The van der Waals surface area contributed by atoms with Crippen LogP contribution in [0.15, 0.2) is 0 Å². The van der Waals surface area contributed by atoms with Gasteiger partial charge in [-0.25, -0.2) is 0 Å². The fourth-order valence-corrected chi connectivity index (χ4v) is 2.89. The molecule has 2 heterocycles. The number of nitrogens with one attached hydrogen (secondary N) is 1. The summed E-state index contributed by atoms with van der Waals surface area (Å²) in [6.45, 7) is 9.44. The van der Waals surface area contributed by atoms with Crippen molar-refractivity contribution < 1.29 is 4.79 Å². The van der Waals surface area contributed by atoms with E-state index in [1.165, 1.54) is 12.8 Å². The Bertz CT molecular complexity index is 265. The predicted molar refractivity (Wildman–Crippen MR) is 65.1 cm³/mol. The topological polar surface area (TPSA) is 32.3 Å². The molecule has 0 aromatic heterocycles. The van der Waals surface area contributed by atoms with E-state index in [9.17, 15) is 4.79 Å². The molecule has 0 saturated carbocycles. The van der Waals surface area contributed by atoms with Crippen molar-refractivity contribution in [2.45, 2.75) is 39.7 Å². The molecule has 0 radical (unpaired) electrons. The molecule has 3 heteroatoms. The number of carbonyl (C=O) groups excluding carboxylic acids is 1. The number of fused-ring (bicyclic) bond motifs is 1. The van der Waals surface area contributed by atoms with Gasteiger partial charge in [0.05, 0.1) is 0 Å². The average molecular weight is 224 g/mol. The van der Waals surface area contributed by atoms with E-state index in [-0.39, 0.29) is 5.92 Å². The summed E-state index contributed by atoms with van der Waals surface area (Å²) >= 11 is 0. The molecule has 2 fully saturated rings. The van der Waals surface area contributed by atoms with E-state index in [2.05, 4.69) is 31.0 Å². The molecule has 2 aliphatic rings. The van der Waals surface area contributed by atoms with E-state index in [0.29, 0.717) is 17.9 Å². The lowest BCUT2D eigenvalue weighted by molar-refractivity contribution is -0.137. The van der Waals surface area contributed by atoms with Gasteiger partial charge < -0.3 is 10.2 Å². The SMILES string of the molecule is CC(C)C(C)C(=O)N1CC[C@H]2CCNC[C@H]21. The molecule has 3 atom stereocenters. The zero-order valence-electron chi connectivity index (χ0n) is 10.7. The Labute approximate surface area is 98.6 Å². The van der Waals surface area contributed by atoms with Gasteiger partial charge in [-0.3, -0.25) is 4.79 Å². The van der Waals surface area contributed by atoms with Crippen LogP contribution in [-0.2, 0) is 4.79 Å². The van der Waals surface area contributed by atoms with E-state index >= 15 is 0 Å². The summed E-state index contributed by atoms with van der Waals surface area (Å²) in [6, 6.07) is 0.474. The zero-order chi connectivity index (χ0) is 11.7. The van der Waals surface area contributed by atoms with Crippen LogP contribution in [0.1, 0.15) is 33.6 Å². The first-order valence-electron chi connectivity index (χ1n) is 6.62. The van der Waals surface area contributed by atoms with Crippen LogP contribution in [0.5, 0.6) is 0 Å². The number of carbonyl (C=O) groups is 1. The van der Waals surface area contributed by atoms with E-state index in [0.717, 1.165) is 25.6 Å². The highest BCUT2D eigenvalue weighted by Crippen LogP contribution is 2.30. The van der Waals surface area contributed by atoms with Gasteiger partial charge in [0.25, 0.3) is 0 Å². The van der Waals surface area contributed by atoms with Crippen molar-refractivity contribution in [3.63, 3.8) is 0 Å². The van der Waals surface area contributed by atoms with Crippen molar-refractivity contribution in [2.24, 2.45) is 17.8 Å². The number of rotatable bonds is 2. The summed E-state index contributed by atoms with van der Waals surface area (Å²) < 4.78 is 0. The van der Waals surface area contributed by atoms with Crippen LogP contribution < -0.4 is 5.32 Å². The van der Waals surface area contributed by atoms with Crippen LogP contribution in [0.2, 0.25) is 0 Å². The second-order valence-corrected chi connectivity index (χ2v) is 5.67. The number of likely N-dealkylation sites (tertiary alicyclic amines) is 1. The van der Waals surface area contributed by atoms with Crippen molar-refractivity contribution in [1.29, 1.82) is 0 Å². The van der Waals surface area contributed by atoms with E-state index in [4.69, 9.17) is 0 Å². The maximum atomic E-state index is 12.3. The molecule has 0 bridgehead atoms. The summed E-state index contributed by atoms with van der Waals surface area (Å²) in [5, 5.41) is 3.42. The third kappa shape index (κ3) is 2.10. The van der Waals surface area contributed by atoms with E-state index in [1.54, 1.807) is 0 Å². The standard InChI is InChI=1S/C13H24N2O/c1-9(2)10(3)13(16)15-7-5-11-4-6-14-8-12(11)15/h9-12,14H,4-8H2,1-3H3/t10?,11-,12-/m1/s1. The first-order chi connectivity index (χ1) is 7.61. The van der Waals surface area contributed by atoms with Gasteiger partial charge in [0.1, 0.15) is 0 Å². The minimum Gasteiger partial charge on any atom is -0.338 e. The summed E-state index contributed by atoms with van der Waals surface area (Å²) in [4.78, 5) is 14.5. The van der Waals surface area contributed by atoms with Crippen LogP contribution in [0.25, 0.3) is 0 Å². The monoisotopic (exact) mass is 224 g/mol. The highest BCUT2D eigenvalue weighted by atomic mass is 16.2. The van der Waals surface area contributed by atoms with Gasteiger partial charge in [-0.2, -0.15) is 0 Å². The Morgan fingerprint density at radius 2 is 2.06 bits per heavy atom. The molecule has 92 valence electrons. The molecule has 1 unspecified atom stereocenters. The van der Waals surface area contributed by atoms with Crippen molar-refractivity contribution in [3.05, 3.63) is 0 Å². The number of hydrogen-bond acceptors (Lipinski definition) is 2. The molecule has 2 saturated heterocycles. The Balaban J connectivity index is 2.02. The predicted octanol–water partition coefficient (Wildman–Crippen LogP) is 1.49. The third-order valence-electron chi connectivity index (χ3n) is 4.40. The van der Waals surface area contributed by atoms with Crippen molar-refractivity contribution in [1.82, 2.24) is 10.2 Å². The zero-order valence-corrected chi connectivity index (χ0v) is 10.7. The summed E-state index contributed by atoms with van der Waals surface area (Å²) in [7, 11) is 0. The number of hydrogen-bond donors (Lipinski definition) is 1. The molecule has 1 amide bonds. The van der Waals surface area contributed by atoms with E-state index < -0.39 is 0 Å². The van der Waals surface area contributed by atoms with Crippen LogP contribution in [-0.4, -0.2) is 36.5 Å². The normalized spacial score (nSPS) is 31.6. The minimum absolute atomic E-state index is 0.167. The fourth-order valence-electron chi connectivity index (χ4n) is 2.89. The Hall–Kier alpha value is -0.570. The molecule has 0 aromatic carbocycles. The van der Waals surface area contributed by atoms with Crippen LogP contribution >= 0.6 is 0 Å². The molecule has 0 aliphatic carbocycles. The highest BCUT2D eigenvalue weighted by molar-refractivity contribution is 5.79. The lowest BCUT2D eigenvalue weighted by Crippen LogP contribution is -2.49. The van der Waals surface area contributed by atoms with Gasteiger partial charge in [-0.05, 0) is 31.2 Å². The first-order valence-corrected chi connectivity index (χ1v) is 6.62. The van der Waals surface area contributed by atoms with Crippen molar-refractivity contribution in [3.8, 4) is 0 Å². The highest BCUT2D eigenvalue weighted by Gasteiger charge is 2.39. The van der Waals surface area contributed by atoms with Gasteiger partial charge in [-0.15, -0.1) is 0 Å². The van der Waals surface area contributed by atoms with Crippen LogP contribution in [0.4, 0.5) is 0 Å². The molecular weight excluding hydrogens is 200 g/mol. The maximum Gasteiger partial charge on any atom is 0.225 e. The summed E-state index contributed by atoms with van der Waals surface area (Å²) in [5.41, 5.74) is 0. The molecule has 0 aromatic rings. The Morgan fingerprint density at radius 3 is 2.75 bits per heavy atom. The van der Waals surface area contributed by atoms with Crippen molar-refractivity contribution in [2.75, 3.05) is 19.6 Å². The van der Waals surface area contributed by atoms with Gasteiger partial charge in [0.2, 0.25) is 5.91 Å². The summed E-state index contributed by atoms with van der Waals surface area (Å²) in [6.07, 6.45) is 2.45. The quantitative estimate of drug-likeness (QED) is 0.770. The molecule has 3 nitrogen and oxygen atoms in total. The van der Waals surface area contributed by atoms with Gasteiger partial charge in [0.15, 0.2) is 0 Å². The third-order valence-corrected chi connectivity index (χ3v) is 4.40. The Kier molecular flexibility index (Phi) is 3.53. The van der Waals surface area contributed by atoms with E-state index in [1.807, 2.05) is 0 Å². The lowest BCUT2D eigenvalue weighted by Gasteiger charge is -2.34. The molecular formula is C13H24N2O. The summed E-state index contributed by atoms with van der Waals surface area (Å²) in [5.74, 6) is 1.74. The molecule has 2 aliphatic heterocycles. The fraction of sp³-hybridized carbons (Fsp3) is 0.923. The smallest absolute Gasteiger partial charge is 0.225 e. The lowest BCUT2D eigenvalue weighted by atomic mass is 9.92. The van der Waals surface area contributed by atoms with Gasteiger partial charge in [0, 0.05) is 25.0 Å². The minimum atomic E-state index is 0.167. The van der Waals surface area contributed by atoms with Gasteiger partial charge >= 0.3 is 0 Å². The van der Waals surface area contributed by atoms with Gasteiger partial charge in [-0.1, -0.05) is 20.8 Å². The molecule has 0 spiro atoms. The van der Waals surface area contributed by atoms with Crippen LogP contribution in [0, 0.1) is 17.8 Å². The molecule has 1 N–H and O–H groups in total. The molecule has 2 rings (SSSR count).